The number of para-hydroxylation sites is 1. The zero-order chi connectivity index (χ0) is 34.4. The lowest BCUT2D eigenvalue weighted by molar-refractivity contribution is -0.118. The SMILES string of the molecule is C#C.CC(C)(C)c1ccc(NC(=O)c2ccc3c(c2)nc(-c2cccc(Oc4ccccc4)c2)n3CC(N)=O)cc1.CCCNCN. The molecule has 0 bridgehead atoms. The first kappa shape index (κ1) is 36.0. The Morgan fingerprint density at radius 3 is 2.17 bits per heavy atom. The fourth-order valence-electron chi connectivity index (χ4n) is 4.67. The second-order valence-electron chi connectivity index (χ2n) is 11.6. The third-order valence-corrected chi connectivity index (χ3v) is 6.98. The van der Waals surface area contributed by atoms with Gasteiger partial charge in [-0.1, -0.05) is 70.2 Å². The number of aromatic nitrogens is 2. The molecule has 0 saturated carbocycles. The van der Waals surface area contributed by atoms with E-state index in [1.165, 1.54) is 5.56 Å². The molecule has 0 aliphatic carbocycles. The average molecular weight is 633 g/mol. The molecule has 5 rings (SSSR count). The van der Waals surface area contributed by atoms with Crippen molar-refractivity contribution in [3.8, 4) is 35.7 Å². The molecular weight excluding hydrogens is 588 g/mol. The number of nitrogens with zero attached hydrogens (tertiary/aromatic N) is 2. The second-order valence-corrected chi connectivity index (χ2v) is 11.6. The number of carbonyl (C=O) groups is 2. The van der Waals surface area contributed by atoms with Crippen LogP contribution in [0.3, 0.4) is 0 Å². The van der Waals surface area contributed by atoms with Crippen LogP contribution in [0.1, 0.15) is 50.0 Å². The van der Waals surface area contributed by atoms with Crippen molar-refractivity contribution >= 4 is 28.5 Å². The van der Waals surface area contributed by atoms with Gasteiger partial charge in [0.25, 0.3) is 5.91 Å². The minimum Gasteiger partial charge on any atom is -0.457 e. The zero-order valence-corrected chi connectivity index (χ0v) is 27.5. The van der Waals surface area contributed by atoms with Gasteiger partial charge in [0.1, 0.15) is 23.9 Å². The highest BCUT2D eigenvalue weighted by atomic mass is 16.5. The molecule has 0 fully saturated rings. The highest BCUT2D eigenvalue weighted by molar-refractivity contribution is 6.06. The molecule has 5 aromatic rings. The Kier molecular flexibility index (Phi) is 13.3. The summed E-state index contributed by atoms with van der Waals surface area (Å²) in [5.41, 5.74) is 15.1. The molecule has 0 spiro atoms. The summed E-state index contributed by atoms with van der Waals surface area (Å²) in [5, 5.41) is 5.93. The normalized spacial score (nSPS) is 10.6. The van der Waals surface area contributed by atoms with Gasteiger partial charge in [-0.15, -0.1) is 12.8 Å². The van der Waals surface area contributed by atoms with Crippen LogP contribution in [0.15, 0.2) is 97.1 Å². The molecule has 47 heavy (non-hydrogen) atoms. The zero-order valence-electron chi connectivity index (χ0n) is 27.5. The van der Waals surface area contributed by atoms with Crippen LogP contribution >= 0.6 is 0 Å². The average Bonchev–Trinajstić information content (AvgIpc) is 3.42. The maximum Gasteiger partial charge on any atom is 0.255 e. The molecule has 0 radical (unpaired) electrons. The van der Waals surface area contributed by atoms with E-state index >= 15 is 0 Å². The lowest BCUT2D eigenvalue weighted by Gasteiger charge is -2.19. The number of benzene rings is 4. The minimum atomic E-state index is -0.493. The first-order chi connectivity index (χ1) is 22.6. The van der Waals surface area contributed by atoms with Gasteiger partial charge in [-0.05, 0) is 78.5 Å². The van der Waals surface area contributed by atoms with E-state index in [0.717, 1.165) is 18.5 Å². The molecule has 2 amide bonds. The van der Waals surface area contributed by atoms with E-state index in [-0.39, 0.29) is 17.9 Å². The van der Waals surface area contributed by atoms with Crippen molar-refractivity contribution in [2.45, 2.75) is 46.1 Å². The summed E-state index contributed by atoms with van der Waals surface area (Å²) in [6.07, 6.45) is 9.16. The molecule has 0 saturated heterocycles. The Hall–Kier alpha value is -5.43. The Labute approximate surface area is 277 Å². The van der Waals surface area contributed by atoms with Crippen LogP contribution < -0.4 is 26.8 Å². The van der Waals surface area contributed by atoms with Crippen LogP contribution in [-0.4, -0.2) is 34.6 Å². The van der Waals surface area contributed by atoms with E-state index < -0.39 is 5.91 Å². The third kappa shape index (κ3) is 10.3. The molecule has 244 valence electrons. The number of nitrogens with one attached hydrogen (secondary N) is 2. The maximum absolute atomic E-state index is 13.1. The van der Waals surface area contributed by atoms with Crippen molar-refractivity contribution in [3.05, 3.63) is 108 Å². The van der Waals surface area contributed by atoms with E-state index in [2.05, 4.69) is 51.2 Å². The monoisotopic (exact) mass is 632 g/mol. The number of fused-ring (bicyclic) bond motifs is 1. The van der Waals surface area contributed by atoms with Gasteiger partial charge in [-0.2, -0.15) is 0 Å². The van der Waals surface area contributed by atoms with E-state index in [1.807, 2.05) is 78.9 Å². The molecule has 4 aromatic carbocycles. The second kappa shape index (κ2) is 17.3. The van der Waals surface area contributed by atoms with Gasteiger partial charge < -0.3 is 31.4 Å². The van der Waals surface area contributed by atoms with Crippen molar-refractivity contribution in [3.63, 3.8) is 0 Å². The topological polar surface area (TPSA) is 137 Å². The highest BCUT2D eigenvalue weighted by Gasteiger charge is 2.18. The molecule has 1 heterocycles. The molecular formula is C38H44N6O3. The summed E-state index contributed by atoms with van der Waals surface area (Å²) in [5.74, 6) is 1.16. The predicted molar refractivity (Wildman–Crippen MR) is 191 cm³/mol. The number of hydrogen-bond acceptors (Lipinski definition) is 6. The number of hydrogen-bond donors (Lipinski definition) is 4. The minimum absolute atomic E-state index is 0.0300. The Balaban J connectivity index is 0.000000676. The van der Waals surface area contributed by atoms with Crippen molar-refractivity contribution in [1.29, 1.82) is 0 Å². The van der Waals surface area contributed by atoms with Crippen LogP contribution in [0.4, 0.5) is 5.69 Å². The number of terminal acetylenes is 1. The Bertz CT molecular complexity index is 1770. The van der Waals surface area contributed by atoms with Crippen molar-refractivity contribution in [1.82, 2.24) is 14.9 Å². The number of imidazole rings is 1. The first-order valence-electron chi connectivity index (χ1n) is 15.4. The van der Waals surface area contributed by atoms with Crippen LogP contribution in [-0.2, 0) is 16.8 Å². The summed E-state index contributed by atoms with van der Waals surface area (Å²) in [4.78, 5) is 29.8. The van der Waals surface area contributed by atoms with Gasteiger partial charge >= 0.3 is 0 Å². The van der Waals surface area contributed by atoms with Gasteiger partial charge in [-0.3, -0.25) is 9.59 Å². The van der Waals surface area contributed by atoms with E-state index in [1.54, 1.807) is 22.8 Å². The summed E-state index contributed by atoms with van der Waals surface area (Å²) in [6, 6.07) is 30.0. The Morgan fingerprint density at radius 1 is 0.894 bits per heavy atom. The van der Waals surface area contributed by atoms with Crippen LogP contribution in [0, 0.1) is 12.8 Å². The highest BCUT2D eigenvalue weighted by Crippen LogP contribution is 2.30. The van der Waals surface area contributed by atoms with Gasteiger partial charge in [0.05, 0.1) is 11.0 Å². The predicted octanol–water partition coefficient (Wildman–Crippen LogP) is 6.68. The van der Waals surface area contributed by atoms with Crippen molar-refractivity contribution in [2.75, 3.05) is 18.5 Å². The number of anilines is 1. The van der Waals surface area contributed by atoms with Gasteiger partial charge in [0.2, 0.25) is 5.91 Å². The van der Waals surface area contributed by atoms with E-state index in [0.29, 0.717) is 46.3 Å². The largest absolute Gasteiger partial charge is 0.457 e. The van der Waals surface area contributed by atoms with Gasteiger partial charge in [-0.25, -0.2) is 4.98 Å². The summed E-state index contributed by atoms with van der Waals surface area (Å²) in [6.45, 7) is 10.1. The molecule has 0 aliphatic rings. The molecule has 0 aliphatic heterocycles. The van der Waals surface area contributed by atoms with Crippen molar-refractivity contribution in [2.24, 2.45) is 11.5 Å². The van der Waals surface area contributed by atoms with Crippen LogP contribution in [0.2, 0.25) is 0 Å². The molecule has 6 N–H and O–H groups in total. The summed E-state index contributed by atoms with van der Waals surface area (Å²) < 4.78 is 7.74. The fraction of sp³-hybridized carbons (Fsp3) is 0.237. The Morgan fingerprint density at radius 2 is 1.57 bits per heavy atom. The third-order valence-electron chi connectivity index (χ3n) is 6.98. The fourth-order valence-corrected chi connectivity index (χ4v) is 4.67. The van der Waals surface area contributed by atoms with E-state index in [4.69, 9.17) is 21.2 Å². The number of amides is 2. The lowest BCUT2D eigenvalue weighted by atomic mass is 9.87. The molecule has 1 aromatic heterocycles. The standard InChI is InChI=1S/C32H30N4O3.C4H12N2.C2H2/c1-32(2,3)23-13-15-24(16-14-23)34-31(38)22-12-17-28-27(19-22)35-30(36(28)20-29(33)37)21-8-7-11-26(18-21)39-25-9-5-4-6-10-25;1-2-3-6-4-5;1-2/h4-19H,20H2,1-3H3,(H2,33,37)(H,34,38);6H,2-5H2,1H3;1-2H. The number of nitrogens with two attached hydrogens (primary N) is 2. The van der Waals surface area contributed by atoms with Gasteiger partial charge in [0, 0.05) is 23.5 Å². The number of ether oxygens (including phenoxy) is 1. The van der Waals surface area contributed by atoms with E-state index in [9.17, 15) is 9.59 Å². The lowest BCUT2D eigenvalue weighted by Crippen LogP contribution is -2.22. The number of rotatable bonds is 10. The number of carbonyl (C=O) groups excluding carboxylic acids is 2. The van der Waals surface area contributed by atoms with Crippen molar-refractivity contribution < 1.29 is 14.3 Å². The molecule has 9 nitrogen and oxygen atoms in total. The summed E-state index contributed by atoms with van der Waals surface area (Å²) >= 11 is 0. The molecule has 9 heteroatoms. The molecule has 0 unspecified atom stereocenters. The number of primary amides is 1. The molecule has 0 atom stereocenters. The van der Waals surface area contributed by atoms with Gasteiger partial charge in [0.15, 0.2) is 0 Å². The first-order valence-corrected chi connectivity index (χ1v) is 15.4. The maximum atomic E-state index is 13.1. The summed E-state index contributed by atoms with van der Waals surface area (Å²) in [7, 11) is 0. The quantitative estimate of drug-likeness (QED) is 0.0770. The van der Waals surface area contributed by atoms with Crippen LogP contribution in [0.25, 0.3) is 22.4 Å². The smallest absolute Gasteiger partial charge is 0.255 e. The van der Waals surface area contributed by atoms with Crippen LogP contribution in [0.5, 0.6) is 11.5 Å².